The van der Waals surface area contributed by atoms with Gasteiger partial charge in [0.1, 0.15) is 11.4 Å². The maximum Gasteiger partial charge on any atom is 0.280 e. The number of nitrogens with zero attached hydrogens (tertiary/aromatic N) is 2. The molecular formula is C13H11F2N2OS. The summed E-state index contributed by atoms with van der Waals surface area (Å²) in [5, 5.41) is 0. The van der Waals surface area contributed by atoms with Crippen molar-refractivity contribution in [2.45, 2.75) is 12.2 Å². The molecule has 1 aromatic heterocycles. The van der Waals surface area contributed by atoms with E-state index < -0.39 is 17.6 Å². The first-order valence-electron chi connectivity index (χ1n) is 5.49. The van der Waals surface area contributed by atoms with Gasteiger partial charge >= 0.3 is 0 Å². The quantitative estimate of drug-likeness (QED) is 0.810. The van der Waals surface area contributed by atoms with Gasteiger partial charge in [-0.1, -0.05) is 29.4 Å². The van der Waals surface area contributed by atoms with Crippen molar-refractivity contribution >= 4 is 11.2 Å². The number of hydrogen-bond donors (Lipinski definition) is 0. The Morgan fingerprint density at radius 2 is 2.11 bits per heavy atom. The molecule has 0 bridgehead atoms. The van der Waals surface area contributed by atoms with E-state index >= 15 is 0 Å². The summed E-state index contributed by atoms with van der Waals surface area (Å²) in [6, 6.07) is 8.40. The third-order valence-corrected chi connectivity index (χ3v) is 3.19. The molecule has 2 aromatic rings. The van der Waals surface area contributed by atoms with Crippen LogP contribution in [0.2, 0.25) is 0 Å². The SMILES string of the molecule is C[S+]([O-])Cc1cccc(-c2cc(C(F)F)n[c]n2)c1. The van der Waals surface area contributed by atoms with Gasteiger partial charge in [-0.3, -0.25) is 0 Å². The van der Waals surface area contributed by atoms with Gasteiger partial charge in [0.05, 0.1) is 11.9 Å². The van der Waals surface area contributed by atoms with E-state index in [4.69, 9.17) is 0 Å². The number of aromatic nitrogens is 2. The highest BCUT2D eigenvalue weighted by molar-refractivity contribution is 7.89. The van der Waals surface area contributed by atoms with Crippen LogP contribution in [0.15, 0.2) is 30.3 Å². The molecular weight excluding hydrogens is 270 g/mol. The molecule has 0 N–H and O–H groups in total. The zero-order valence-corrected chi connectivity index (χ0v) is 11.0. The standard InChI is InChI=1S/C13H11F2N2OS/c1-19(18)7-9-3-2-4-10(5-9)11-6-12(13(14)15)17-8-16-11/h2-6,13H,7H2,1H3. The van der Waals surface area contributed by atoms with Gasteiger partial charge in [0.25, 0.3) is 6.43 Å². The highest BCUT2D eigenvalue weighted by Gasteiger charge is 2.11. The van der Waals surface area contributed by atoms with Gasteiger partial charge in [-0.25, -0.2) is 18.7 Å². The summed E-state index contributed by atoms with van der Waals surface area (Å²) in [6.45, 7) is 0. The van der Waals surface area contributed by atoms with Crippen LogP contribution in [0.5, 0.6) is 0 Å². The minimum absolute atomic E-state index is 0.352. The summed E-state index contributed by atoms with van der Waals surface area (Å²) >= 11 is -0.953. The number of hydrogen-bond acceptors (Lipinski definition) is 3. The van der Waals surface area contributed by atoms with Crippen molar-refractivity contribution < 1.29 is 13.3 Å². The molecule has 6 heteroatoms. The van der Waals surface area contributed by atoms with Crippen LogP contribution in [0.4, 0.5) is 8.78 Å². The molecule has 3 nitrogen and oxygen atoms in total. The Kier molecular flexibility index (Phi) is 4.44. The van der Waals surface area contributed by atoms with Crippen molar-refractivity contribution in [1.29, 1.82) is 0 Å². The second-order valence-corrected chi connectivity index (χ2v) is 5.43. The van der Waals surface area contributed by atoms with E-state index in [2.05, 4.69) is 16.3 Å². The van der Waals surface area contributed by atoms with E-state index in [1.54, 1.807) is 24.5 Å². The molecule has 1 radical (unpaired) electrons. The van der Waals surface area contributed by atoms with Gasteiger partial charge in [0, 0.05) is 11.1 Å². The van der Waals surface area contributed by atoms with Crippen LogP contribution in [0, 0.1) is 6.33 Å². The maximum atomic E-state index is 12.6. The second kappa shape index (κ2) is 6.08. The molecule has 1 heterocycles. The molecule has 0 saturated heterocycles. The summed E-state index contributed by atoms with van der Waals surface area (Å²) in [5.41, 5.74) is 1.59. The first-order valence-corrected chi connectivity index (χ1v) is 7.21. The van der Waals surface area contributed by atoms with Crippen LogP contribution in [0.1, 0.15) is 17.7 Å². The molecule has 0 aliphatic rings. The molecule has 0 spiro atoms. The first kappa shape index (κ1) is 13.9. The maximum absolute atomic E-state index is 12.6. The largest absolute Gasteiger partial charge is 0.616 e. The Morgan fingerprint density at radius 3 is 2.79 bits per heavy atom. The smallest absolute Gasteiger partial charge is 0.280 e. The molecule has 0 saturated carbocycles. The van der Waals surface area contributed by atoms with E-state index in [1.807, 2.05) is 6.07 Å². The number of alkyl halides is 2. The molecule has 1 aromatic carbocycles. The zero-order valence-electron chi connectivity index (χ0n) is 10.1. The fourth-order valence-corrected chi connectivity index (χ4v) is 2.31. The average Bonchev–Trinajstić information content (AvgIpc) is 2.38. The summed E-state index contributed by atoms with van der Waals surface area (Å²) in [7, 11) is 0. The van der Waals surface area contributed by atoms with Gasteiger partial charge in [0.15, 0.2) is 6.33 Å². The van der Waals surface area contributed by atoms with Gasteiger partial charge in [-0.2, -0.15) is 0 Å². The van der Waals surface area contributed by atoms with Gasteiger partial charge in [0.2, 0.25) is 0 Å². The number of rotatable bonds is 4. The van der Waals surface area contributed by atoms with Crippen molar-refractivity contribution in [1.82, 2.24) is 9.97 Å². The summed E-state index contributed by atoms with van der Waals surface area (Å²) < 4.78 is 36.3. The van der Waals surface area contributed by atoms with Crippen molar-refractivity contribution in [2.24, 2.45) is 0 Å². The Morgan fingerprint density at radius 1 is 1.32 bits per heavy atom. The van der Waals surface area contributed by atoms with Gasteiger partial charge < -0.3 is 4.55 Å². The van der Waals surface area contributed by atoms with Crippen LogP contribution in [-0.4, -0.2) is 20.8 Å². The molecule has 99 valence electrons. The minimum Gasteiger partial charge on any atom is -0.616 e. The van der Waals surface area contributed by atoms with E-state index in [0.29, 0.717) is 17.0 Å². The van der Waals surface area contributed by atoms with Crippen molar-refractivity contribution in [3.63, 3.8) is 0 Å². The molecule has 1 atom stereocenters. The molecule has 19 heavy (non-hydrogen) atoms. The molecule has 0 aliphatic carbocycles. The predicted octanol–water partition coefficient (Wildman–Crippen LogP) is 2.76. The Labute approximate surface area is 112 Å². The molecule has 0 aliphatic heterocycles. The molecule has 1 unspecified atom stereocenters. The van der Waals surface area contributed by atoms with Gasteiger partial charge in [-0.15, -0.1) is 0 Å². The van der Waals surface area contributed by atoms with E-state index in [-0.39, 0.29) is 5.69 Å². The van der Waals surface area contributed by atoms with Crippen LogP contribution >= 0.6 is 0 Å². The third kappa shape index (κ3) is 3.71. The zero-order chi connectivity index (χ0) is 13.8. The van der Waals surface area contributed by atoms with E-state index in [0.717, 1.165) is 5.56 Å². The summed E-state index contributed by atoms with van der Waals surface area (Å²) in [6.07, 6.45) is 1.19. The molecule has 0 fully saturated rings. The molecule has 2 rings (SSSR count). The summed E-state index contributed by atoms with van der Waals surface area (Å²) in [4.78, 5) is 7.27. The second-order valence-electron chi connectivity index (χ2n) is 4.00. The lowest BCUT2D eigenvalue weighted by molar-refractivity contribution is 0.146. The summed E-state index contributed by atoms with van der Waals surface area (Å²) in [5.74, 6) is 0.421. The lowest BCUT2D eigenvalue weighted by Crippen LogP contribution is -2.01. The fraction of sp³-hybridized carbons (Fsp3) is 0.231. The lowest BCUT2D eigenvalue weighted by atomic mass is 10.1. The van der Waals surface area contributed by atoms with Gasteiger partial charge in [-0.05, 0) is 12.1 Å². The normalized spacial score (nSPS) is 12.7. The topological polar surface area (TPSA) is 48.8 Å². The number of halogens is 2. The highest BCUT2D eigenvalue weighted by atomic mass is 32.2. The Hall–Kier alpha value is -1.53. The first-order chi connectivity index (χ1) is 9.06. The van der Waals surface area contributed by atoms with E-state index in [1.165, 1.54) is 6.07 Å². The lowest BCUT2D eigenvalue weighted by Gasteiger charge is -2.07. The highest BCUT2D eigenvalue weighted by Crippen LogP contribution is 2.23. The molecule has 0 amide bonds. The predicted molar refractivity (Wildman–Crippen MR) is 69.0 cm³/mol. The van der Waals surface area contributed by atoms with Crippen LogP contribution in [0.3, 0.4) is 0 Å². The average molecular weight is 281 g/mol. The van der Waals surface area contributed by atoms with Crippen molar-refractivity contribution in [3.05, 3.63) is 47.9 Å². The Bertz CT molecular complexity index is 564. The third-order valence-electron chi connectivity index (χ3n) is 2.45. The number of benzene rings is 1. The van der Waals surface area contributed by atoms with Crippen LogP contribution in [-0.2, 0) is 16.9 Å². The van der Waals surface area contributed by atoms with Crippen molar-refractivity contribution in [3.8, 4) is 11.3 Å². The van der Waals surface area contributed by atoms with Crippen LogP contribution < -0.4 is 0 Å². The fourth-order valence-electron chi connectivity index (χ4n) is 1.66. The monoisotopic (exact) mass is 281 g/mol. The van der Waals surface area contributed by atoms with Crippen LogP contribution in [0.25, 0.3) is 11.3 Å². The minimum atomic E-state index is -2.65. The Balaban J connectivity index is 2.33. The van der Waals surface area contributed by atoms with E-state index in [9.17, 15) is 13.3 Å². The van der Waals surface area contributed by atoms with Crippen molar-refractivity contribution in [2.75, 3.05) is 6.26 Å².